The molecule has 114 valence electrons. The molecule has 0 aliphatic heterocycles. The molecule has 0 amide bonds. The number of carboxylic acid groups (broad SMARTS) is 1. The van der Waals surface area contributed by atoms with Crippen molar-refractivity contribution in [1.82, 2.24) is 0 Å². The number of aliphatic carboxylic acids is 1. The fourth-order valence-electron chi connectivity index (χ4n) is 2.99. The van der Waals surface area contributed by atoms with Gasteiger partial charge in [-0.25, -0.2) is 0 Å². The van der Waals surface area contributed by atoms with Gasteiger partial charge in [0, 0.05) is 6.07 Å². The van der Waals surface area contributed by atoms with Gasteiger partial charge in [-0.1, -0.05) is 19.1 Å². The topological polar surface area (TPSA) is 80.4 Å². The number of halogens is 1. The van der Waals surface area contributed by atoms with Crippen molar-refractivity contribution in [2.75, 3.05) is 0 Å². The first-order valence-corrected chi connectivity index (χ1v) is 7.80. The first kappa shape index (κ1) is 15.9. The predicted octanol–water partition coefficient (Wildman–Crippen LogP) is 4.18. The zero-order chi connectivity index (χ0) is 15.6. The summed E-state index contributed by atoms with van der Waals surface area (Å²) in [6.07, 6.45) is 3.35. The molecule has 1 saturated carbocycles. The minimum absolute atomic E-state index is 0.0165. The summed E-state index contributed by atoms with van der Waals surface area (Å²) in [6, 6.07) is 4.79. The SMILES string of the molecule is CC1CCC(Cc2cccc([N+](=O)[O-])c2Br)(C(=O)O)CC1. The Morgan fingerprint density at radius 1 is 1.48 bits per heavy atom. The van der Waals surface area contributed by atoms with Gasteiger partial charge in [0.25, 0.3) is 5.69 Å². The van der Waals surface area contributed by atoms with E-state index in [1.165, 1.54) is 6.07 Å². The molecule has 5 nitrogen and oxygen atoms in total. The van der Waals surface area contributed by atoms with Crippen LogP contribution < -0.4 is 0 Å². The molecule has 6 heteroatoms. The van der Waals surface area contributed by atoms with Gasteiger partial charge in [0.1, 0.15) is 0 Å². The van der Waals surface area contributed by atoms with Crippen LogP contribution in [0.3, 0.4) is 0 Å². The van der Waals surface area contributed by atoms with Gasteiger partial charge in [0.2, 0.25) is 0 Å². The molecule has 2 rings (SSSR count). The Labute approximate surface area is 131 Å². The molecule has 0 spiro atoms. The fourth-order valence-corrected chi connectivity index (χ4v) is 3.54. The molecule has 0 aromatic heterocycles. The number of benzene rings is 1. The van der Waals surface area contributed by atoms with E-state index < -0.39 is 16.3 Å². The number of rotatable bonds is 4. The third-order valence-electron chi connectivity index (χ3n) is 4.47. The van der Waals surface area contributed by atoms with Crippen molar-refractivity contribution in [3.63, 3.8) is 0 Å². The lowest BCUT2D eigenvalue weighted by atomic mass is 9.68. The van der Waals surface area contributed by atoms with Gasteiger partial charge in [0.05, 0.1) is 14.8 Å². The normalized spacial score (nSPS) is 25.5. The summed E-state index contributed by atoms with van der Waals surface area (Å²) in [5.41, 5.74) is -0.122. The summed E-state index contributed by atoms with van der Waals surface area (Å²) in [5, 5.41) is 20.6. The molecule has 1 aromatic carbocycles. The average Bonchev–Trinajstić information content (AvgIpc) is 2.43. The largest absolute Gasteiger partial charge is 0.481 e. The number of nitrogens with zero attached hydrogens (tertiary/aromatic N) is 1. The lowest BCUT2D eigenvalue weighted by Gasteiger charge is -2.36. The summed E-state index contributed by atoms with van der Waals surface area (Å²) in [4.78, 5) is 22.3. The molecular formula is C15H18BrNO4. The molecule has 0 heterocycles. The van der Waals surface area contributed by atoms with E-state index in [0.717, 1.165) is 12.8 Å². The number of nitro benzene ring substituents is 1. The number of carbonyl (C=O) groups is 1. The molecule has 1 fully saturated rings. The minimum atomic E-state index is -0.801. The molecule has 0 bridgehead atoms. The smallest absolute Gasteiger partial charge is 0.309 e. The van der Waals surface area contributed by atoms with E-state index in [1.54, 1.807) is 12.1 Å². The number of nitro groups is 1. The van der Waals surface area contributed by atoms with Gasteiger partial charge in [0.15, 0.2) is 0 Å². The van der Waals surface area contributed by atoms with Gasteiger partial charge in [-0.15, -0.1) is 0 Å². The number of carboxylic acids is 1. The van der Waals surface area contributed by atoms with E-state index in [-0.39, 0.29) is 5.69 Å². The Hall–Kier alpha value is -1.43. The second-order valence-corrected chi connectivity index (χ2v) is 6.75. The summed E-state index contributed by atoms with van der Waals surface area (Å²) in [5.74, 6) is -0.251. The van der Waals surface area contributed by atoms with Crippen LogP contribution in [0.2, 0.25) is 0 Å². The van der Waals surface area contributed by atoms with Gasteiger partial charge in [-0.3, -0.25) is 14.9 Å². The molecule has 1 aliphatic rings. The molecule has 0 saturated heterocycles. The van der Waals surface area contributed by atoms with Gasteiger partial charge < -0.3 is 5.11 Å². The first-order valence-electron chi connectivity index (χ1n) is 7.01. The Kier molecular flexibility index (Phi) is 4.66. The van der Waals surface area contributed by atoms with Crippen LogP contribution in [0, 0.1) is 21.4 Å². The molecule has 0 atom stereocenters. The number of hydrogen-bond acceptors (Lipinski definition) is 3. The molecule has 1 aromatic rings. The van der Waals surface area contributed by atoms with Crippen LogP contribution in [0.5, 0.6) is 0 Å². The van der Waals surface area contributed by atoms with E-state index in [9.17, 15) is 20.0 Å². The third-order valence-corrected chi connectivity index (χ3v) is 5.38. The van der Waals surface area contributed by atoms with Crippen molar-refractivity contribution in [2.24, 2.45) is 11.3 Å². The minimum Gasteiger partial charge on any atom is -0.481 e. The van der Waals surface area contributed by atoms with Crippen LogP contribution >= 0.6 is 15.9 Å². The standard InChI is InChI=1S/C15H18BrNO4/c1-10-5-7-15(8-6-10,14(18)19)9-11-3-2-4-12(13(11)16)17(20)21/h2-4,10H,5-9H2,1H3,(H,18,19). The zero-order valence-electron chi connectivity index (χ0n) is 11.8. The maximum Gasteiger partial charge on any atom is 0.309 e. The van der Waals surface area contributed by atoms with Gasteiger partial charge in [-0.2, -0.15) is 0 Å². The quantitative estimate of drug-likeness (QED) is 0.648. The zero-order valence-corrected chi connectivity index (χ0v) is 13.4. The second kappa shape index (κ2) is 6.13. The predicted molar refractivity (Wildman–Crippen MR) is 82.2 cm³/mol. The van der Waals surface area contributed by atoms with Crippen LogP contribution in [0.1, 0.15) is 38.2 Å². The average molecular weight is 356 g/mol. The molecule has 0 radical (unpaired) electrons. The van der Waals surface area contributed by atoms with Crippen molar-refractivity contribution in [1.29, 1.82) is 0 Å². The Morgan fingerprint density at radius 2 is 2.10 bits per heavy atom. The highest BCUT2D eigenvalue weighted by atomic mass is 79.9. The lowest BCUT2D eigenvalue weighted by molar-refractivity contribution is -0.385. The highest BCUT2D eigenvalue weighted by Gasteiger charge is 2.41. The maximum atomic E-state index is 11.8. The summed E-state index contributed by atoms with van der Waals surface area (Å²) >= 11 is 3.26. The van der Waals surface area contributed by atoms with Crippen LogP contribution in [-0.2, 0) is 11.2 Å². The lowest BCUT2D eigenvalue weighted by Crippen LogP contribution is -2.37. The summed E-state index contributed by atoms with van der Waals surface area (Å²) in [7, 11) is 0. The summed E-state index contributed by atoms with van der Waals surface area (Å²) < 4.78 is 0.397. The summed E-state index contributed by atoms with van der Waals surface area (Å²) in [6.45, 7) is 2.13. The Bertz CT molecular complexity index is 565. The second-order valence-electron chi connectivity index (χ2n) is 5.95. The molecular weight excluding hydrogens is 338 g/mol. The van der Waals surface area contributed by atoms with E-state index in [1.807, 2.05) is 0 Å². The van der Waals surface area contributed by atoms with E-state index in [4.69, 9.17) is 0 Å². The van der Waals surface area contributed by atoms with Crippen LogP contribution in [-0.4, -0.2) is 16.0 Å². The van der Waals surface area contributed by atoms with E-state index >= 15 is 0 Å². The van der Waals surface area contributed by atoms with E-state index in [2.05, 4.69) is 22.9 Å². The van der Waals surface area contributed by atoms with Crippen molar-refractivity contribution in [3.8, 4) is 0 Å². The van der Waals surface area contributed by atoms with Gasteiger partial charge in [-0.05, 0) is 59.5 Å². The fraction of sp³-hybridized carbons (Fsp3) is 0.533. The monoisotopic (exact) mass is 355 g/mol. The highest BCUT2D eigenvalue weighted by Crippen LogP contribution is 2.43. The molecule has 21 heavy (non-hydrogen) atoms. The van der Waals surface area contributed by atoms with Crippen LogP contribution in [0.25, 0.3) is 0 Å². The maximum absolute atomic E-state index is 11.8. The van der Waals surface area contributed by atoms with Crippen LogP contribution in [0.4, 0.5) is 5.69 Å². The third kappa shape index (κ3) is 3.26. The van der Waals surface area contributed by atoms with Crippen molar-refractivity contribution in [2.45, 2.75) is 39.0 Å². The molecule has 0 unspecified atom stereocenters. The Balaban J connectivity index is 2.32. The van der Waals surface area contributed by atoms with Crippen molar-refractivity contribution >= 4 is 27.6 Å². The van der Waals surface area contributed by atoms with Crippen molar-refractivity contribution in [3.05, 3.63) is 38.3 Å². The van der Waals surface area contributed by atoms with Crippen LogP contribution in [0.15, 0.2) is 22.7 Å². The molecule has 1 N–H and O–H groups in total. The van der Waals surface area contributed by atoms with E-state index in [0.29, 0.717) is 35.2 Å². The highest BCUT2D eigenvalue weighted by molar-refractivity contribution is 9.10. The van der Waals surface area contributed by atoms with Crippen molar-refractivity contribution < 1.29 is 14.8 Å². The molecule has 1 aliphatic carbocycles. The van der Waals surface area contributed by atoms with Gasteiger partial charge >= 0.3 is 5.97 Å². The Morgan fingerprint density at radius 3 is 2.62 bits per heavy atom. The first-order chi connectivity index (χ1) is 9.85. The number of hydrogen-bond donors (Lipinski definition) is 1.